The Morgan fingerprint density at radius 2 is 1.85 bits per heavy atom. The lowest BCUT2D eigenvalue weighted by Crippen LogP contribution is -1.96. The van der Waals surface area contributed by atoms with E-state index in [-0.39, 0.29) is 0 Å². The molecular weight excluding hydrogens is 365 g/mol. The van der Waals surface area contributed by atoms with Crippen molar-refractivity contribution in [3.8, 4) is 5.75 Å². The lowest BCUT2D eigenvalue weighted by molar-refractivity contribution is 0.415. The summed E-state index contributed by atoms with van der Waals surface area (Å²) in [5, 5.41) is 4.32. The van der Waals surface area contributed by atoms with Crippen LogP contribution in [0.25, 0.3) is 10.9 Å². The van der Waals surface area contributed by atoms with Crippen LogP contribution in [0, 0.1) is 3.57 Å². The zero-order valence-electron chi connectivity index (χ0n) is 10.8. The molecule has 3 aromatic rings. The Hall–Kier alpha value is -1.89. The Kier molecular flexibility index (Phi) is 3.68. The summed E-state index contributed by atoms with van der Waals surface area (Å²) >= 11 is 2.29. The van der Waals surface area contributed by atoms with Gasteiger partial charge in [-0.15, -0.1) is 0 Å². The highest BCUT2D eigenvalue weighted by molar-refractivity contribution is 14.1. The van der Waals surface area contributed by atoms with Crippen molar-refractivity contribution in [2.24, 2.45) is 0 Å². The van der Waals surface area contributed by atoms with Gasteiger partial charge in [0, 0.05) is 14.6 Å². The monoisotopic (exact) mass is 377 g/mol. The first kappa shape index (κ1) is 13.1. The molecule has 5 heteroatoms. The molecule has 20 heavy (non-hydrogen) atoms. The highest BCUT2D eigenvalue weighted by Gasteiger charge is 2.04. The quantitative estimate of drug-likeness (QED) is 0.702. The Balaban J connectivity index is 1.99. The van der Waals surface area contributed by atoms with Crippen LogP contribution >= 0.6 is 22.6 Å². The Morgan fingerprint density at radius 3 is 2.60 bits per heavy atom. The molecule has 0 saturated carbocycles. The van der Waals surface area contributed by atoms with Gasteiger partial charge in [-0.05, 0) is 65.1 Å². The third kappa shape index (κ3) is 2.67. The van der Waals surface area contributed by atoms with Gasteiger partial charge in [0.2, 0.25) is 0 Å². The lowest BCUT2D eigenvalue weighted by atomic mass is 10.2. The number of rotatable bonds is 3. The number of ether oxygens (including phenoxy) is 1. The fraction of sp³-hybridized carbons (Fsp3) is 0.0667. The molecule has 0 saturated heterocycles. The van der Waals surface area contributed by atoms with Gasteiger partial charge in [0.1, 0.15) is 17.9 Å². The first-order chi connectivity index (χ1) is 9.76. The summed E-state index contributed by atoms with van der Waals surface area (Å²) in [6.07, 6.45) is 1.57. The molecule has 0 radical (unpaired) electrons. The average Bonchev–Trinajstić information content (AvgIpc) is 2.49. The molecule has 100 valence electrons. The summed E-state index contributed by atoms with van der Waals surface area (Å²) in [5.41, 5.74) is 1.89. The summed E-state index contributed by atoms with van der Waals surface area (Å²) in [5.74, 6) is 1.64. The van der Waals surface area contributed by atoms with Crippen molar-refractivity contribution in [2.75, 3.05) is 12.4 Å². The van der Waals surface area contributed by atoms with E-state index in [1.165, 1.54) is 0 Å². The Labute approximate surface area is 130 Å². The molecule has 0 unspecified atom stereocenters. The summed E-state index contributed by atoms with van der Waals surface area (Å²) in [6.45, 7) is 0. The number of fused-ring (bicyclic) bond motifs is 1. The van der Waals surface area contributed by atoms with Crippen molar-refractivity contribution in [2.45, 2.75) is 0 Å². The number of aromatic nitrogens is 2. The number of nitrogens with one attached hydrogen (secondary N) is 1. The van der Waals surface area contributed by atoms with E-state index in [0.29, 0.717) is 0 Å². The molecule has 0 spiro atoms. The topological polar surface area (TPSA) is 47.0 Å². The molecule has 0 aliphatic heterocycles. The SMILES string of the molecule is COc1ccc(Nc2ncnc3ccc(I)cc23)cc1. The number of halogens is 1. The van der Waals surface area contributed by atoms with E-state index in [9.17, 15) is 0 Å². The number of hydrogen-bond acceptors (Lipinski definition) is 4. The van der Waals surface area contributed by atoms with Crippen LogP contribution in [-0.4, -0.2) is 17.1 Å². The van der Waals surface area contributed by atoms with Gasteiger partial charge in [-0.1, -0.05) is 0 Å². The van der Waals surface area contributed by atoms with E-state index >= 15 is 0 Å². The Bertz CT molecular complexity index is 744. The van der Waals surface area contributed by atoms with Gasteiger partial charge < -0.3 is 10.1 Å². The van der Waals surface area contributed by atoms with Crippen LogP contribution in [0.15, 0.2) is 48.8 Å². The number of hydrogen-bond donors (Lipinski definition) is 1. The molecule has 1 N–H and O–H groups in total. The van der Waals surface area contributed by atoms with Gasteiger partial charge >= 0.3 is 0 Å². The molecule has 2 aromatic carbocycles. The maximum absolute atomic E-state index is 5.15. The van der Waals surface area contributed by atoms with Crippen molar-refractivity contribution in [1.29, 1.82) is 0 Å². The summed E-state index contributed by atoms with van der Waals surface area (Å²) in [4.78, 5) is 8.61. The summed E-state index contributed by atoms with van der Waals surface area (Å²) in [6, 6.07) is 13.8. The normalized spacial score (nSPS) is 10.5. The van der Waals surface area contributed by atoms with Crippen LogP contribution in [-0.2, 0) is 0 Å². The van der Waals surface area contributed by atoms with E-state index in [0.717, 1.165) is 31.7 Å². The molecule has 0 atom stereocenters. The van der Waals surface area contributed by atoms with Gasteiger partial charge in [0.15, 0.2) is 0 Å². The van der Waals surface area contributed by atoms with Crippen molar-refractivity contribution in [3.63, 3.8) is 0 Å². The van der Waals surface area contributed by atoms with E-state index < -0.39 is 0 Å². The van der Waals surface area contributed by atoms with Gasteiger partial charge in [-0.2, -0.15) is 0 Å². The first-order valence-electron chi connectivity index (χ1n) is 6.07. The van der Waals surface area contributed by atoms with Crippen LogP contribution in [0.1, 0.15) is 0 Å². The number of benzene rings is 2. The predicted octanol–water partition coefficient (Wildman–Crippen LogP) is 3.99. The zero-order chi connectivity index (χ0) is 13.9. The minimum atomic E-state index is 0.804. The highest BCUT2D eigenvalue weighted by atomic mass is 127. The van der Waals surface area contributed by atoms with E-state index in [4.69, 9.17) is 4.74 Å². The second-order valence-electron chi connectivity index (χ2n) is 4.24. The molecule has 0 aliphatic carbocycles. The van der Waals surface area contributed by atoms with Gasteiger partial charge in [-0.25, -0.2) is 9.97 Å². The summed E-state index contributed by atoms with van der Waals surface area (Å²) in [7, 11) is 1.66. The third-order valence-corrected chi connectivity index (χ3v) is 3.62. The molecule has 0 bridgehead atoms. The number of anilines is 2. The molecule has 0 amide bonds. The molecular formula is C15H12IN3O. The van der Waals surface area contributed by atoms with Crippen molar-refractivity contribution >= 4 is 45.0 Å². The predicted molar refractivity (Wildman–Crippen MR) is 88.5 cm³/mol. The second-order valence-corrected chi connectivity index (χ2v) is 5.48. The van der Waals surface area contributed by atoms with Gasteiger partial charge in [0.25, 0.3) is 0 Å². The van der Waals surface area contributed by atoms with Gasteiger partial charge in [-0.3, -0.25) is 0 Å². The second kappa shape index (κ2) is 5.62. The standard InChI is InChI=1S/C15H12IN3O/c1-20-12-5-3-11(4-6-12)19-15-13-8-10(16)2-7-14(13)17-9-18-15/h2-9H,1H3,(H,17,18,19). The van der Waals surface area contributed by atoms with Crippen molar-refractivity contribution in [3.05, 3.63) is 52.4 Å². The van der Waals surface area contributed by atoms with Gasteiger partial charge in [0.05, 0.1) is 12.6 Å². The third-order valence-electron chi connectivity index (χ3n) is 2.95. The van der Waals surface area contributed by atoms with Crippen LogP contribution in [0.2, 0.25) is 0 Å². The highest BCUT2D eigenvalue weighted by Crippen LogP contribution is 2.25. The average molecular weight is 377 g/mol. The minimum absolute atomic E-state index is 0.804. The van der Waals surface area contributed by atoms with Crippen LogP contribution in [0.5, 0.6) is 5.75 Å². The number of nitrogens with zero attached hydrogens (tertiary/aromatic N) is 2. The molecule has 0 fully saturated rings. The molecule has 1 heterocycles. The lowest BCUT2D eigenvalue weighted by Gasteiger charge is -2.09. The zero-order valence-corrected chi connectivity index (χ0v) is 13.0. The van der Waals surface area contributed by atoms with E-state index in [1.807, 2.05) is 36.4 Å². The first-order valence-corrected chi connectivity index (χ1v) is 7.15. The van der Waals surface area contributed by atoms with Crippen molar-refractivity contribution in [1.82, 2.24) is 9.97 Å². The van der Waals surface area contributed by atoms with E-state index in [1.54, 1.807) is 13.4 Å². The fourth-order valence-corrected chi connectivity index (χ4v) is 2.43. The number of methoxy groups -OCH3 is 1. The smallest absolute Gasteiger partial charge is 0.141 e. The maximum atomic E-state index is 5.15. The van der Waals surface area contributed by atoms with E-state index in [2.05, 4.69) is 43.9 Å². The summed E-state index contributed by atoms with van der Waals surface area (Å²) < 4.78 is 6.31. The molecule has 1 aromatic heterocycles. The minimum Gasteiger partial charge on any atom is -0.497 e. The fourth-order valence-electron chi connectivity index (χ4n) is 1.94. The Morgan fingerprint density at radius 1 is 1.05 bits per heavy atom. The largest absolute Gasteiger partial charge is 0.497 e. The van der Waals surface area contributed by atoms with Crippen LogP contribution < -0.4 is 10.1 Å². The molecule has 4 nitrogen and oxygen atoms in total. The van der Waals surface area contributed by atoms with Crippen molar-refractivity contribution < 1.29 is 4.74 Å². The maximum Gasteiger partial charge on any atom is 0.141 e. The molecule has 3 rings (SSSR count). The van der Waals surface area contributed by atoms with Crippen LogP contribution in [0.3, 0.4) is 0 Å². The molecule has 0 aliphatic rings. The van der Waals surface area contributed by atoms with Crippen LogP contribution in [0.4, 0.5) is 11.5 Å².